The molecule has 0 aromatic rings. The molecule has 108 valence electrons. The summed E-state index contributed by atoms with van der Waals surface area (Å²) in [4.78, 5) is 22.9. The Morgan fingerprint density at radius 2 is 2.00 bits per heavy atom. The average Bonchev–Trinajstić information content (AvgIpc) is 2.76. The third-order valence-electron chi connectivity index (χ3n) is 4.17. The Morgan fingerprint density at radius 1 is 1.26 bits per heavy atom. The lowest BCUT2D eigenvalue weighted by Crippen LogP contribution is -2.53. The Balaban J connectivity index is 1.57. The van der Waals surface area contributed by atoms with E-state index < -0.39 is 0 Å². The van der Waals surface area contributed by atoms with Crippen molar-refractivity contribution in [1.29, 1.82) is 0 Å². The minimum Gasteiger partial charge on any atom is -0.351 e. The number of nitrogens with one attached hydrogen (secondary N) is 3. The van der Waals surface area contributed by atoms with Crippen LogP contribution in [0.15, 0.2) is 0 Å². The van der Waals surface area contributed by atoms with Crippen molar-refractivity contribution in [2.75, 3.05) is 26.9 Å². The van der Waals surface area contributed by atoms with E-state index in [1.54, 1.807) is 7.05 Å². The van der Waals surface area contributed by atoms with Crippen LogP contribution in [0.1, 0.15) is 26.2 Å². The molecule has 0 saturated heterocycles. The van der Waals surface area contributed by atoms with Gasteiger partial charge in [0.1, 0.15) is 13.3 Å². The normalized spacial score (nSPS) is 31.7. The first-order valence-electron chi connectivity index (χ1n) is 6.85. The minimum absolute atomic E-state index is 0.000626. The molecule has 3 aliphatic rings. The number of hydrogen-bond acceptors (Lipinski definition) is 4. The average molecular weight is 269 g/mol. The maximum Gasteiger partial charge on any atom is 0.246 e. The highest BCUT2D eigenvalue weighted by molar-refractivity contribution is 5.79. The summed E-state index contributed by atoms with van der Waals surface area (Å²) in [6, 6.07) is 0. The fraction of sp³-hybridized carbons (Fsp3) is 0.846. The number of amides is 2. The van der Waals surface area contributed by atoms with Gasteiger partial charge in [-0.15, -0.1) is 0 Å². The molecule has 0 heterocycles. The van der Waals surface area contributed by atoms with Gasteiger partial charge in [-0.1, -0.05) is 6.92 Å². The third-order valence-corrected chi connectivity index (χ3v) is 4.17. The summed E-state index contributed by atoms with van der Waals surface area (Å²) in [6.07, 6.45) is 3.31. The predicted octanol–water partition coefficient (Wildman–Crippen LogP) is -0.399. The zero-order chi connectivity index (χ0) is 13.9. The molecule has 2 bridgehead atoms. The molecule has 3 saturated carbocycles. The van der Waals surface area contributed by atoms with Crippen molar-refractivity contribution in [2.24, 2.45) is 11.8 Å². The van der Waals surface area contributed by atoms with Gasteiger partial charge in [0.05, 0.1) is 6.54 Å². The fourth-order valence-corrected chi connectivity index (χ4v) is 3.28. The summed E-state index contributed by atoms with van der Waals surface area (Å²) < 4.78 is 5.14. The topological polar surface area (TPSA) is 79.5 Å². The zero-order valence-corrected chi connectivity index (χ0v) is 11.6. The second-order valence-electron chi connectivity index (χ2n) is 5.80. The van der Waals surface area contributed by atoms with Crippen LogP contribution in [0.5, 0.6) is 0 Å². The number of hydrogen-bond donors (Lipinski definition) is 3. The molecule has 0 aromatic heterocycles. The van der Waals surface area contributed by atoms with Gasteiger partial charge in [0, 0.05) is 5.54 Å². The third kappa shape index (κ3) is 3.45. The van der Waals surface area contributed by atoms with Crippen LogP contribution < -0.4 is 16.0 Å². The fourth-order valence-electron chi connectivity index (χ4n) is 3.28. The van der Waals surface area contributed by atoms with Crippen molar-refractivity contribution < 1.29 is 14.3 Å². The Kier molecular flexibility index (Phi) is 4.42. The minimum atomic E-state index is -0.145. The van der Waals surface area contributed by atoms with Crippen LogP contribution in [0.25, 0.3) is 0 Å². The Morgan fingerprint density at radius 3 is 2.58 bits per heavy atom. The highest BCUT2D eigenvalue weighted by Gasteiger charge is 2.54. The van der Waals surface area contributed by atoms with Gasteiger partial charge in [0.25, 0.3) is 0 Å². The number of carbonyl (C=O) groups excluding carboxylic acids is 2. The first-order valence-corrected chi connectivity index (χ1v) is 6.85. The first kappa shape index (κ1) is 14.3. The van der Waals surface area contributed by atoms with Crippen LogP contribution in [0.3, 0.4) is 0 Å². The summed E-state index contributed by atoms with van der Waals surface area (Å²) in [5.41, 5.74) is 0.0416. The quantitative estimate of drug-likeness (QED) is 0.434. The Labute approximate surface area is 113 Å². The molecule has 3 aliphatic carbocycles. The van der Waals surface area contributed by atoms with E-state index in [0.717, 1.165) is 31.1 Å². The van der Waals surface area contributed by atoms with Crippen molar-refractivity contribution in [3.63, 3.8) is 0 Å². The molecule has 0 aromatic carbocycles. The van der Waals surface area contributed by atoms with E-state index in [-0.39, 0.29) is 37.2 Å². The molecule has 3 rings (SSSR count). The van der Waals surface area contributed by atoms with E-state index in [2.05, 4.69) is 22.9 Å². The van der Waals surface area contributed by atoms with Crippen molar-refractivity contribution in [3.05, 3.63) is 0 Å². The van der Waals surface area contributed by atoms with Crippen molar-refractivity contribution in [1.82, 2.24) is 16.0 Å². The number of rotatable bonds is 7. The molecule has 0 spiro atoms. The number of fused-ring (bicyclic) bond motifs is 1. The van der Waals surface area contributed by atoms with Crippen LogP contribution in [0.2, 0.25) is 0 Å². The summed E-state index contributed by atoms with van der Waals surface area (Å²) in [6.45, 7) is 2.57. The van der Waals surface area contributed by atoms with E-state index >= 15 is 0 Å². The smallest absolute Gasteiger partial charge is 0.246 e. The summed E-state index contributed by atoms with van der Waals surface area (Å²) in [5, 5.41) is 8.36. The standard InChI is InChI=1S/C13H23N3O3/c1-9-3-13(4-10(9)5-13)16-12(18)7-19-8-15-11(17)6-14-2/h9-10,14H,3-8H2,1-2H3,(H,15,17)(H,16,18). The lowest BCUT2D eigenvalue weighted by Gasteiger charge is -2.39. The molecule has 3 fully saturated rings. The van der Waals surface area contributed by atoms with Crippen LogP contribution in [-0.4, -0.2) is 44.3 Å². The van der Waals surface area contributed by atoms with Crippen LogP contribution in [0, 0.1) is 11.8 Å². The molecule has 1 atom stereocenters. The highest BCUT2D eigenvalue weighted by Crippen LogP contribution is 2.55. The molecule has 0 aliphatic heterocycles. The van der Waals surface area contributed by atoms with Gasteiger partial charge in [-0.2, -0.15) is 0 Å². The van der Waals surface area contributed by atoms with E-state index in [9.17, 15) is 9.59 Å². The molecule has 6 nitrogen and oxygen atoms in total. The SMILES string of the molecule is CNCC(=O)NCOCC(=O)NC12CC(C)C(C1)C2. The molecular weight excluding hydrogens is 246 g/mol. The molecular formula is C13H23N3O3. The van der Waals surface area contributed by atoms with Gasteiger partial charge in [-0.25, -0.2) is 0 Å². The summed E-state index contributed by atoms with van der Waals surface area (Å²) in [5.74, 6) is 1.28. The van der Waals surface area contributed by atoms with Gasteiger partial charge in [0.2, 0.25) is 11.8 Å². The second-order valence-corrected chi connectivity index (χ2v) is 5.80. The largest absolute Gasteiger partial charge is 0.351 e. The van der Waals surface area contributed by atoms with Gasteiger partial charge >= 0.3 is 0 Å². The van der Waals surface area contributed by atoms with Crippen LogP contribution in [-0.2, 0) is 14.3 Å². The van der Waals surface area contributed by atoms with Crippen molar-refractivity contribution >= 4 is 11.8 Å². The zero-order valence-electron chi connectivity index (χ0n) is 11.6. The molecule has 2 amide bonds. The maximum atomic E-state index is 11.7. The molecule has 1 unspecified atom stereocenters. The van der Waals surface area contributed by atoms with E-state index in [0.29, 0.717) is 0 Å². The van der Waals surface area contributed by atoms with Crippen LogP contribution in [0.4, 0.5) is 0 Å². The first-order chi connectivity index (χ1) is 9.04. The van der Waals surface area contributed by atoms with E-state index in [4.69, 9.17) is 4.74 Å². The van der Waals surface area contributed by atoms with Gasteiger partial charge in [0.15, 0.2) is 0 Å². The molecule has 19 heavy (non-hydrogen) atoms. The highest BCUT2D eigenvalue weighted by atomic mass is 16.5. The monoisotopic (exact) mass is 269 g/mol. The van der Waals surface area contributed by atoms with Crippen LogP contribution >= 0.6 is 0 Å². The number of likely N-dealkylation sites (N-methyl/N-ethyl adjacent to an activating group) is 1. The molecule has 0 radical (unpaired) electrons. The van der Waals surface area contributed by atoms with E-state index in [1.165, 1.54) is 0 Å². The Bertz CT molecular complexity index is 353. The summed E-state index contributed by atoms with van der Waals surface area (Å²) >= 11 is 0. The van der Waals surface area contributed by atoms with E-state index in [1.807, 2.05) is 0 Å². The van der Waals surface area contributed by atoms with Gasteiger partial charge in [-0.05, 0) is 38.1 Å². The molecule has 3 N–H and O–H groups in total. The van der Waals surface area contributed by atoms with Crippen molar-refractivity contribution in [2.45, 2.75) is 31.7 Å². The summed E-state index contributed by atoms with van der Waals surface area (Å²) in [7, 11) is 1.70. The number of carbonyl (C=O) groups is 2. The lowest BCUT2D eigenvalue weighted by atomic mass is 9.76. The van der Waals surface area contributed by atoms with Crippen molar-refractivity contribution in [3.8, 4) is 0 Å². The maximum absolute atomic E-state index is 11.7. The predicted molar refractivity (Wildman–Crippen MR) is 70.3 cm³/mol. The number of ether oxygens (including phenoxy) is 1. The second kappa shape index (κ2) is 5.88. The van der Waals surface area contributed by atoms with Gasteiger partial charge in [-0.3, -0.25) is 9.59 Å². The van der Waals surface area contributed by atoms with Gasteiger partial charge < -0.3 is 20.7 Å². The Hall–Kier alpha value is -1.14. The lowest BCUT2D eigenvalue weighted by molar-refractivity contribution is -0.131. The molecule has 6 heteroatoms.